The summed E-state index contributed by atoms with van der Waals surface area (Å²) < 4.78 is 26.6. The molecule has 2 aliphatic rings. The van der Waals surface area contributed by atoms with Crippen LogP contribution >= 0.6 is 0 Å². The minimum Gasteiger partial charge on any atom is -0.479 e. The molecule has 0 aromatic heterocycles. The molecule has 0 spiro atoms. The molecule has 0 bridgehead atoms. The van der Waals surface area contributed by atoms with Crippen molar-refractivity contribution in [3.8, 4) is 0 Å². The first kappa shape index (κ1) is 36.6. The third-order valence-corrected chi connectivity index (χ3v) is 7.00. The van der Waals surface area contributed by atoms with Gasteiger partial charge in [0.2, 0.25) is 0 Å². The average molecular weight is 625 g/mol. The van der Waals surface area contributed by atoms with Gasteiger partial charge >= 0.3 is 17.9 Å². The van der Waals surface area contributed by atoms with Crippen LogP contribution in [0.4, 0.5) is 0 Å². The lowest BCUT2D eigenvalue weighted by Gasteiger charge is -2.47. The highest BCUT2D eigenvalue weighted by Crippen LogP contribution is 2.40. The van der Waals surface area contributed by atoms with Crippen LogP contribution < -0.4 is 0 Å². The summed E-state index contributed by atoms with van der Waals surface area (Å²) in [6.07, 6.45) is -22.4. The zero-order valence-electron chi connectivity index (χ0n) is 24.4. The zero-order chi connectivity index (χ0) is 33.2. The lowest BCUT2D eigenvalue weighted by molar-refractivity contribution is -0.319. The summed E-state index contributed by atoms with van der Waals surface area (Å²) >= 11 is 0. The topological polar surface area (TPSA) is 273 Å². The molecule has 2 aliphatic heterocycles. The van der Waals surface area contributed by atoms with E-state index in [0.29, 0.717) is 0 Å². The molecule has 0 aromatic carbocycles. The number of carboxylic acid groups (broad SMARTS) is 3. The molecule has 17 nitrogen and oxygen atoms in total. The maximum Gasteiger partial charge on any atom is 0.336 e. The van der Waals surface area contributed by atoms with E-state index in [-0.39, 0.29) is 12.6 Å². The van der Waals surface area contributed by atoms with E-state index in [1.165, 1.54) is 0 Å². The molecule has 0 saturated carbocycles. The van der Waals surface area contributed by atoms with Gasteiger partial charge in [-0.05, 0) is 26.2 Å². The fraction of sp³-hybridized carbons (Fsp3) is 0.808. The summed E-state index contributed by atoms with van der Waals surface area (Å²) in [4.78, 5) is 60.1. The van der Waals surface area contributed by atoms with Crippen LogP contribution in [0, 0.1) is 17.3 Å². The second kappa shape index (κ2) is 14.0. The number of aliphatic hydroxyl groups excluding tert-OH is 4. The van der Waals surface area contributed by atoms with Crippen LogP contribution in [0.1, 0.15) is 41.5 Å². The van der Waals surface area contributed by atoms with Crippen LogP contribution in [0.5, 0.6) is 0 Å². The standard InChI is InChI=1S/C26H40O17/c1-25(2,3)12-14(30)16(32)23(42-19(12)22(37)38)40-10(8-28)17(20(33)34)39-9(7-27)11-13(29)15(31)24(43-26(4,5)6)41-18(11)21(35)36/h7-19,23-24,29-32H,1-6H3,(H,33,34)(H,35,36)(H,37,38)/t9?,10?,11-,12-,13-,14-,15?,16?,17?,18?,19?,23+,24-/m0/s1. The lowest BCUT2D eigenvalue weighted by Crippen LogP contribution is -2.63. The minimum atomic E-state index is -2.44. The molecule has 13 atom stereocenters. The maximum atomic E-state index is 12.1. The van der Waals surface area contributed by atoms with Gasteiger partial charge in [-0.2, -0.15) is 0 Å². The van der Waals surface area contributed by atoms with E-state index in [1.54, 1.807) is 41.5 Å². The Morgan fingerprint density at radius 2 is 1.26 bits per heavy atom. The van der Waals surface area contributed by atoms with Gasteiger partial charge < -0.3 is 69.0 Å². The van der Waals surface area contributed by atoms with Crippen LogP contribution in [0.15, 0.2) is 0 Å². The first-order chi connectivity index (χ1) is 19.7. The molecule has 0 radical (unpaired) electrons. The van der Waals surface area contributed by atoms with Gasteiger partial charge in [0.15, 0.2) is 43.3 Å². The number of rotatable bonds is 12. The molecular formula is C26H40O17. The van der Waals surface area contributed by atoms with Crippen molar-refractivity contribution in [1.29, 1.82) is 0 Å². The molecule has 2 saturated heterocycles. The van der Waals surface area contributed by atoms with Crippen LogP contribution in [0.2, 0.25) is 0 Å². The lowest BCUT2D eigenvalue weighted by atomic mass is 9.71. The van der Waals surface area contributed by atoms with Crippen molar-refractivity contribution in [2.75, 3.05) is 0 Å². The number of hydrogen-bond acceptors (Lipinski definition) is 14. The summed E-state index contributed by atoms with van der Waals surface area (Å²) in [5, 5.41) is 71.8. The van der Waals surface area contributed by atoms with E-state index >= 15 is 0 Å². The van der Waals surface area contributed by atoms with Gasteiger partial charge in [-0.1, -0.05) is 20.8 Å². The molecule has 7 unspecified atom stereocenters. The molecule has 2 heterocycles. The van der Waals surface area contributed by atoms with Crippen LogP contribution in [0.3, 0.4) is 0 Å². The fourth-order valence-electron chi connectivity index (χ4n) is 5.06. The summed E-state index contributed by atoms with van der Waals surface area (Å²) in [6.45, 7) is 9.41. The molecule has 0 aromatic rings. The second-order valence-corrected chi connectivity index (χ2v) is 12.4. The van der Waals surface area contributed by atoms with Gasteiger partial charge in [-0.15, -0.1) is 0 Å². The molecule has 0 aliphatic carbocycles. The molecular weight excluding hydrogens is 584 g/mol. The summed E-state index contributed by atoms with van der Waals surface area (Å²) in [7, 11) is 0. The van der Waals surface area contributed by atoms with E-state index in [4.69, 9.17) is 23.7 Å². The summed E-state index contributed by atoms with van der Waals surface area (Å²) in [5.74, 6) is -8.32. The Kier molecular flexibility index (Phi) is 11.9. The number of aliphatic carboxylic acids is 3. The Labute approximate surface area is 246 Å². The fourth-order valence-corrected chi connectivity index (χ4v) is 5.06. The number of aliphatic hydroxyl groups is 4. The van der Waals surface area contributed by atoms with Gasteiger partial charge in [-0.3, -0.25) is 0 Å². The summed E-state index contributed by atoms with van der Waals surface area (Å²) in [5.41, 5.74) is -1.88. The number of ether oxygens (including phenoxy) is 5. The quantitative estimate of drug-likeness (QED) is 0.113. The number of carbonyl (C=O) groups excluding carboxylic acids is 2. The molecule has 0 amide bonds. The Hall–Kier alpha value is -2.61. The van der Waals surface area contributed by atoms with Crippen molar-refractivity contribution in [1.82, 2.24) is 0 Å². The number of hydrogen-bond donors (Lipinski definition) is 7. The Morgan fingerprint density at radius 3 is 1.67 bits per heavy atom. The summed E-state index contributed by atoms with van der Waals surface area (Å²) in [6, 6.07) is 0. The number of aldehydes is 2. The van der Waals surface area contributed by atoms with Crippen molar-refractivity contribution in [2.45, 2.75) is 115 Å². The van der Waals surface area contributed by atoms with Crippen LogP contribution in [-0.2, 0) is 47.7 Å². The second-order valence-electron chi connectivity index (χ2n) is 12.4. The first-order valence-corrected chi connectivity index (χ1v) is 13.3. The van der Waals surface area contributed by atoms with E-state index in [0.717, 1.165) is 0 Å². The minimum absolute atomic E-state index is 0.0766. The van der Waals surface area contributed by atoms with E-state index < -0.39 is 108 Å². The monoisotopic (exact) mass is 624 g/mol. The van der Waals surface area contributed by atoms with Crippen molar-refractivity contribution >= 4 is 30.5 Å². The van der Waals surface area contributed by atoms with Gasteiger partial charge in [0, 0.05) is 5.92 Å². The van der Waals surface area contributed by atoms with Crippen molar-refractivity contribution in [2.24, 2.45) is 17.3 Å². The predicted octanol–water partition coefficient (Wildman–Crippen LogP) is -2.24. The van der Waals surface area contributed by atoms with E-state index in [2.05, 4.69) is 0 Å². The predicted molar refractivity (Wildman–Crippen MR) is 137 cm³/mol. The van der Waals surface area contributed by atoms with Crippen molar-refractivity contribution in [3.05, 3.63) is 0 Å². The smallest absolute Gasteiger partial charge is 0.336 e. The molecule has 246 valence electrons. The third kappa shape index (κ3) is 8.52. The largest absolute Gasteiger partial charge is 0.479 e. The number of carboxylic acids is 3. The normalized spacial score (nSPS) is 35.8. The van der Waals surface area contributed by atoms with E-state index in [9.17, 15) is 59.7 Å². The van der Waals surface area contributed by atoms with Crippen molar-refractivity contribution in [3.63, 3.8) is 0 Å². The molecule has 2 fully saturated rings. The maximum absolute atomic E-state index is 12.1. The highest BCUT2D eigenvalue weighted by molar-refractivity contribution is 5.79. The molecule has 2 rings (SSSR count). The van der Waals surface area contributed by atoms with Gasteiger partial charge in [0.1, 0.15) is 24.6 Å². The zero-order valence-corrected chi connectivity index (χ0v) is 24.4. The van der Waals surface area contributed by atoms with Gasteiger partial charge in [0.25, 0.3) is 0 Å². The van der Waals surface area contributed by atoms with Gasteiger partial charge in [0.05, 0.1) is 23.7 Å². The first-order valence-electron chi connectivity index (χ1n) is 13.3. The SMILES string of the molecule is CC(C)(C)O[C@@H]1OC(C(=O)O)[C@@H](C(C=O)OC(C(=O)O)C(C=O)O[C@@H]2OC(C(=O)O)[C@@H](C(C)(C)C)[C@H](O)C2O)[C@H](O)C1O. The highest BCUT2D eigenvalue weighted by Gasteiger charge is 2.55. The van der Waals surface area contributed by atoms with Gasteiger partial charge in [-0.25, -0.2) is 14.4 Å². The van der Waals surface area contributed by atoms with Crippen LogP contribution in [0.25, 0.3) is 0 Å². The Bertz CT molecular complexity index is 1020. The molecule has 17 heteroatoms. The average Bonchev–Trinajstić information content (AvgIpc) is 2.87. The number of carbonyl (C=O) groups is 5. The van der Waals surface area contributed by atoms with Crippen LogP contribution in [-0.4, -0.2) is 139 Å². The van der Waals surface area contributed by atoms with Crippen molar-refractivity contribution < 1.29 is 83.4 Å². The Morgan fingerprint density at radius 1 is 0.744 bits per heavy atom. The third-order valence-electron chi connectivity index (χ3n) is 7.00. The molecule has 43 heavy (non-hydrogen) atoms. The highest BCUT2D eigenvalue weighted by atomic mass is 16.7. The molecule has 7 N–H and O–H groups in total. The Balaban J connectivity index is 2.36. The van der Waals surface area contributed by atoms with E-state index in [1.807, 2.05) is 0 Å².